The Hall–Kier alpha value is -2.67. The van der Waals surface area contributed by atoms with Crippen molar-refractivity contribution in [2.75, 3.05) is 26.2 Å². The minimum absolute atomic E-state index is 0.00563. The molecule has 0 saturated carbocycles. The van der Waals surface area contributed by atoms with Gasteiger partial charge in [-0.05, 0) is 25.0 Å². The molecule has 4 rings (SSSR count). The summed E-state index contributed by atoms with van der Waals surface area (Å²) in [5.74, 6) is -4.85. The molecule has 1 amide bonds. The number of carbonyl (C=O) groups is 1. The molecule has 0 aliphatic carbocycles. The third kappa shape index (κ3) is 4.06. The lowest BCUT2D eigenvalue weighted by Gasteiger charge is -2.34. The number of hydrogen-bond donors (Lipinski definition) is 0. The van der Waals surface area contributed by atoms with Gasteiger partial charge in [0.25, 0.3) is 0 Å². The second kappa shape index (κ2) is 8.70. The molecule has 0 N–H and O–H groups in total. The van der Waals surface area contributed by atoms with Crippen molar-refractivity contribution in [3.05, 3.63) is 45.9 Å². The number of hydrogen-bond acceptors (Lipinski definition) is 5. The summed E-state index contributed by atoms with van der Waals surface area (Å²) in [6, 6.07) is 1.23. The second-order valence-electron chi connectivity index (χ2n) is 7.78. The summed E-state index contributed by atoms with van der Waals surface area (Å²) in [4.78, 5) is 25.6. The third-order valence-corrected chi connectivity index (χ3v) is 7.69. The summed E-state index contributed by atoms with van der Waals surface area (Å²) in [5, 5.41) is 4.27. The van der Waals surface area contributed by atoms with E-state index in [1.54, 1.807) is 4.57 Å². The van der Waals surface area contributed by atoms with Gasteiger partial charge in [0.05, 0.1) is 0 Å². The summed E-state index contributed by atoms with van der Waals surface area (Å²) >= 11 is 0. The normalized spacial score (nSPS) is 17.8. The average Bonchev–Trinajstić information content (AvgIpc) is 2.93. The van der Waals surface area contributed by atoms with E-state index in [1.807, 2.05) is 0 Å². The zero-order valence-electron chi connectivity index (χ0n) is 17.1. The van der Waals surface area contributed by atoms with E-state index in [-0.39, 0.29) is 38.4 Å². The zero-order chi connectivity index (χ0) is 23.0. The fourth-order valence-corrected chi connectivity index (χ4v) is 5.46. The molecule has 2 aliphatic rings. The van der Waals surface area contributed by atoms with Gasteiger partial charge in [-0.15, -0.1) is 0 Å². The van der Waals surface area contributed by atoms with Gasteiger partial charge in [0.1, 0.15) is 17.3 Å². The number of nitrogens with zero attached hydrogens (tertiary/aromatic N) is 5. The number of amides is 1. The fourth-order valence-electron chi connectivity index (χ4n) is 3.98. The highest BCUT2D eigenvalue weighted by atomic mass is 32.2. The van der Waals surface area contributed by atoms with Crippen LogP contribution in [0.2, 0.25) is 0 Å². The zero-order valence-corrected chi connectivity index (χ0v) is 18.0. The Morgan fingerprint density at radius 3 is 2.41 bits per heavy atom. The van der Waals surface area contributed by atoms with Gasteiger partial charge in [0.2, 0.25) is 15.9 Å². The molecule has 13 heteroatoms. The van der Waals surface area contributed by atoms with E-state index in [0.717, 1.165) is 28.2 Å². The van der Waals surface area contributed by atoms with Crippen LogP contribution >= 0.6 is 0 Å². The highest BCUT2D eigenvalue weighted by Crippen LogP contribution is 2.24. The summed E-state index contributed by atoms with van der Waals surface area (Å²) in [6.07, 6.45) is 3.50. The van der Waals surface area contributed by atoms with Crippen LogP contribution in [0.3, 0.4) is 0 Å². The van der Waals surface area contributed by atoms with Gasteiger partial charge in [-0.2, -0.15) is 9.40 Å². The van der Waals surface area contributed by atoms with Crippen LogP contribution in [0.15, 0.2) is 21.8 Å². The van der Waals surface area contributed by atoms with Gasteiger partial charge >= 0.3 is 5.69 Å². The molecule has 0 unspecified atom stereocenters. The number of sulfonamides is 1. The van der Waals surface area contributed by atoms with E-state index in [9.17, 15) is 31.2 Å². The van der Waals surface area contributed by atoms with Crippen molar-refractivity contribution in [1.82, 2.24) is 23.6 Å². The van der Waals surface area contributed by atoms with Crippen LogP contribution in [0.25, 0.3) is 0 Å². The van der Waals surface area contributed by atoms with Crippen LogP contribution in [0, 0.1) is 17.5 Å². The van der Waals surface area contributed by atoms with Gasteiger partial charge in [0, 0.05) is 39.1 Å². The SMILES string of the molecule is O=C(Cn1nc2n(c1=O)CCCCC2)N1CCN(S(=O)(=O)c2ccc(F)c(F)c2F)CC1. The summed E-state index contributed by atoms with van der Waals surface area (Å²) in [7, 11) is -4.41. The molecular weight excluding hydrogens is 451 g/mol. The van der Waals surface area contributed by atoms with E-state index >= 15 is 0 Å². The Bertz CT molecular complexity index is 1200. The Morgan fingerprint density at radius 1 is 0.969 bits per heavy atom. The largest absolute Gasteiger partial charge is 0.346 e. The molecule has 1 fully saturated rings. The smallest absolute Gasteiger partial charge is 0.338 e. The Kier molecular flexibility index (Phi) is 6.12. The van der Waals surface area contributed by atoms with Gasteiger partial charge in [0.15, 0.2) is 17.5 Å². The van der Waals surface area contributed by atoms with Crippen LogP contribution in [0.5, 0.6) is 0 Å². The van der Waals surface area contributed by atoms with E-state index in [1.165, 1.54) is 4.90 Å². The van der Waals surface area contributed by atoms with Crippen molar-refractivity contribution in [1.29, 1.82) is 0 Å². The predicted molar refractivity (Wildman–Crippen MR) is 106 cm³/mol. The topological polar surface area (TPSA) is 97.5 Å². The first-order valence-corrected chi connectivity index (χ1v) is 11.7. The molecule has 2 aliphatic heterocycles. The lowest BCUT2D eigenvalue weighted by Crippen LogP contribution is -2.51. The number of aryl methyl sites for hydroxylation is 1. The van der Waals surface area contributed by atoms with Crippen LogP contribution in [-0.4, -0.2) is 64.1 Å². The molecule has 2 aromatic rings. The first-order chi connectivity index (χ1) is 15.2. The second-order valence-corrected chi connectivity index (χ2v) is 9.68. The van der Waals surface area contributed by atoms with Gasteiger partial charge < -0.3 is 4.90 Å². The minimum atomic E-state index is -4.41. The van der Waals surface area contributed by atoms with E-state index in [2.05, 4.69) is 5.10 Å². The Labute approximate surface area is 182 Å². The number of piperazine rings is 1. The lowest BCUT2D eigenvalue weighted by molar-refractivity contribution is -0.133. The molecule has 174 valence electrons. The van der Waals surface area contributed by atoms with Gasteiger partial charge in [-0.1, -0.05) is 6.42 Å². The molecule has 32 heavy (non-hydrogen) atoms. The summed E-state index contributed by atoms with van der Waals surface area (Å²) < 4.78 is 69.6. The van der Waals surface area contributed by atoms with Gasteiger partial charge in [-0.25, -0.2) is 31.1 Å². The quantitative estimate of drug-likeness (QED) is 0.610. The first kappa shape index (κ1) is 22.5. The molecular formula is C19H22F3N5O4S. The lowest BCUT2D eigenvalue weighted by atomic mass is 10.2. The van der Waals surface area contributed by atoms with Crippen molar-refractivity contribution in [2.45, 2.75) is 43.7 Å². The molecule has 0 spiro atoms. The third-order valence-electron chi connectivity index (χ3n) is 5.78. The minimum Gasteiger partial charge on any atom is -0.338 e. The maximum Gasteiger partial charge on any atom is 0.346 e. The number of benzene rings is 1. The molecule has 1 saturated heterocycles. The van der Waals surface area contributed by atoms with Crippen LogP contribution in [0.4, 0.5) is 13.2 Å². The number of rotatable bonds is 4. The highest BCUT2D eigenvalue weighted by Gasteiger charge is 2.33. The van der Waals surface area contributed by atoms with Crippen LogP contribution in [0.1, 0.15) is 25.1 Å². The molecule has 3 heterocycles. The Morgan fingerprint density at radius 2 is 1.69 bits per heavy atom. The number of carbonyl (C=O) groups excluding carboxylic acids is 1. The standard InChI is InChI=1S/C19H22F3N5O4S/c20-13-5-6-14(18(22)17(13)21)32(30,31)25-10-8-24(9-11-25)16(28)12-27-19(29)26-7-3-1-2-4-15(26)23-27/h5-6H,1-4,7-12H2. The van der Waals surface area contributed by atoms with Crippen molar-refractivity contribution < 1.29 is 26.4 Å². The van der Waals surface area contributed by atoms with Crippen molar-refractivity contribution in [2.24, 2.45) is 0 Å². The van der Waals surface area contributed by atoms with Crippen LogP contribution in [-0.2, 0) is 34.3 Å². The van der Waals surface area contributed by atoms with Crippen molar-refractivity contribution in [3.63, 3.8) is 0 Å². The number of fused-ring (bicyclic) bond motifs is 1. The number of aromatic nitrogens is 3. The maximum atomic E-state index is 14.0. The molecule has 0 atom stereocenters. The summed E-state index contributed by atoms with van der Waals surface area (Å²) in [6.45, 7) is 0.0162. The number of halogens is 3. The van der Waals surface area contributed by atoms with Crippen molar-refractivity contribution >= 4 is 15.9 Å². The molecule has 0 radical (unpaired) electrons. The Balaban J connectivity index is 1.42. The van der Waals surface area contributed by atoms with E-state index in [0.29, 0.717) is 30.9 Å². The highest BCUT2D eigenvalue weighted by molar-refractivity contribution is 7.89. The molecule has 1 aromatic carbocycles. The maximum absolute atomic E-state index is 14.0. The van der Waals surface area contributed by atoms with E-state index in [4.69, 9.17) is 0 Å². The van der Waals surface area contributed by atoms with Gasteiger partial charge in [-0.3, -0.25) is 9.36 Å². The fraction of sp³-hybridized carbons (Fsp3) is 0.526. The summed E-state index contributed by atoms with van der Waals surface area (Å²) in [5.41, 5.74) is -0.342. The predicted octanol–water partition coefficient (Wildman–Crippen LogP) is 0.722. The molecule has 0 bridgehead atoms. The monoisotopic (exact) mass is 473 g/mol. The van der Waals surface area contributed by atoms with E-state index < -0.39 is 38.3 Å². The van der Waals surface area contributed by atoms with Crippen molar-refractivity contribution in [3.8, 4) is 0 Å². The molecule has 1 aromatic heterocycles. The average molecular weight is 473 g/mol. The first-order valence-electron chi connectivity index (χ1n) is 10.3. The molecule has 9 nitrogen and oxygen atoms in total. The van der Waals surface area contributed by atoms with Crippen LogP contribution < -0.4 is 5.69 Å².